The molecule has 27 heavy (non-hydrogen) atoms. The first-order valence-corrected chi connectivity index (χ1v) is 8.34. The van der Waals surface area contributed by atoms with Crippen molar-refractivity contribution in [1.82, 2.24) is 10.3 Å². The Morgan fingerprint density at radius 3 is 2.56 bits per heavy atom. The molecule has 0 saturated carbocycles. The van der Waals surface area contributed by atoms with E-state index in [1.54, 1.807) is 30.3 Å². The smallest absolute Gasteiger partial charge is 0.328 e. The number of carbonyl (C=O) groups is 2. The number of nitriles is 1. The van der Waals surface area contributed by atoms with Crippen LogP contribution >= 0.6 is 0 Å². The van der Waals surface area contributed by atoms with Gasteiger partial charge in [-0.05, 0) is 29.8 Å². The summed E-state index contributed by atoms with van der Waals surface area (Å²) in [4.78, 5) is 29.0. The standard InChI is InChI=1S/C21H17N3O3/c1-27-21(26)19(12-14-6-8-15(13-22)9-7-14)24-20(25)18-11-10-16-4-2-3-5-17(16)23-18/h2-11,19H,12H2,1H3,(H,24,25)/t19-/m1/s1. The summed E-state index contributed by atoms with van der Waals surface area (Å²) in [5, 5.41) is 12.5. The van der Waals surface area contributed by atoms with Crippen molar-refractivity contribution in [3.63, 3.8) is 0 Å². The molecule has 2 aromatic carbocycles. The fourth-order valence-electron chi connectivity index (χ4n) is 2.71. The maximum absolute atomic E-state index is 12.6. The number of carbonyl (C=O) groups excluding carboxylic acids is 2. The van der Waals surface area contributed by atoms with Crippen molar-refractivity contribution in [1.29, 1.82) is 5.26 Å². The maximum Gasteiger partial charge on any atom is 0.328 e. The Labute approximate surface area is 156 Å². The fraction of sp³-hybridized carbons (Fsp3) is 0.143. The van der Waals surface area contributed by atoms with E-state index in [0.29, 0.717) is 11.1 Å². The number of hydrogen-bond acceptors (Lipinski definition) is 5. The van der Waals surface area contributed by atoms with Crippen molar-refractivity contribution in [3.8, 4) is 6.07 Å². The largest absolute Gasteiger partial charge is 0.467 e. The third-order valence-corrected chi connectivity index (χ3v) is 4.14. The number of nitrogens with one attached hydrogen (secondary N) is 1. The molecule has 0 aliphatic rings. The second-order valence-corrected chi connectivity index (χ2v) is 5.95. The van der Waals surface area contributed by atoms with Crippen LogP contribution in [0.3, 0.4) is 0 Å². The molecule has 0 fully saturated rings. The summed E-state index contributed by atoms with van der Waals surface area (Å²) in [6.45, 7) is 0. The summed E-state index contributed by atoms with van der Waals surface area (Å²) in [6.07, 6.45) is 0.248. The first kappa shape index (κ1) is 18.1. The molecule has 0 bridgehead atoms. The molecule has 0 aliphatic heterocycles. The molecule has 6 heteroatoms. The lowest BCUT2D eigenvalue weighted by molar-refractivity contribution is -0.142. The second kappa shape index (κ2) is 8.11. The third-order valence-electron chi connectivity index (χ3n) is 4.14. The highest BCUT2D eigenvalue weighted by atomic mass is 16.5. The van der Waals surface area contributed by atoms with E-state index in [1.807, 2.05) is 36.4 Å². The number of hydrogen-bond donors (Lipinski definition) is 1. The zero-order valence-electron chi connectivity index (χ0n) is 14.7. The molecule has 0 radical (unpaired) electrons. The number of aromatic nitrogens is 1. The average Bonchev–Trinajstić information content (AvgIpc) is 2.72. The van der Waals surface area contributed by atoms with Crippen LogP contribution in [0.4, 0.5) is 0 Å². The molecule has 0 aliphatic carbocycles. The van der Waals surface area contributed by atoms with E-state index in [-0.39, 0.29) is 12.1 Å². The Kier molecular flexibility index (Phi) is 5.43. The highest BCUT2D eigenvalue weighted by molar-refractivity contribution is 5.97. The number of para-hydroxylation sites is 1. The molecule has 0 unspecified atom stereocenters. The SMILES string of the molecule is COC(=O)[C@@H](Cc1ccc(C#N)cc1)NC(=O)c1ccc2ccccc2n1. The van der Waals surface area contributed by atoms with Crippen molar-refractivity contribution < 1.29 is 14.3 Å². The highest BCUT2D eigenvalue weighted by Crippen LogP contribution is 2.13. The Balaban J connectivity index is 1.79. The fourth-order valence-corrected chi connectivity index (χ4v) is 2.71. The Morgan fingerprint density at radius 2 is 1.85 bits per heavy atom. The Hall–Kier alpha value is -3.72. The monoisotopic (exact) mass is 359 g/mol. The molecule has 1 heterocycles. The molecule has 3 aromatic rings. The first-order valence-electron chi connectivity index (χ1n) is 8.34. The maximum atomic E-state index is 12.6. The van der Waals surface area contributed by atoms with Crippen LogP contribution in [0, 0.1) is 11.3 Å². The summed E-state index contributed by atoms with van der Waals surface area (Å²) in [6, 6.07) is 18.9. The van der Waals surface area contributed by atoms with Gasteiger partial charge in [-0.15, -0.1) is 0 Å². The molecular formula is C21H17N3O3. The first-order chi connectivity index (χ1) is 13.1. The lowest BCUT2D eigenvalue weighted by atomic mass is 10.0. The van der Waals surface area contributed by atoms with Crippen LogP contribution in [0.15, 0.2) is 60.7 Å². The quantitative estimate of drug-likeness (QED) is 0.707. The summed E-state index contributed by atoms with van der Waals surface area (Å²) >= 11 is 0. The van der Waals surface area contributed by atoms with Gasteiger partial charge in [0.05, 0.1) is 24.3 Å². The van der Waals surface area contributed by atoms with E-state index in [1.165, 1.54) is 7.11 Å². The van der Waals surface area contributed by atoms with E-state index in [0.717, 1.165) is 10.9 Å². The van der Waals surface area contributed by atoms with Gasteiger partial charge >= 0.3 is 5.97 Å². The van der Waals surface area contributed by atoms with Gasteiger partial charge in [-0.3, -0.25) is 4.79 Å². The van der Waals surface area contributed by atoms with Gasteiger partial charge in [0.1, 0.15) is 11.7 Å². The van der Waals surface area contributed by atoms with Crippen molar-refractivity contribution >= 4 is 22.8 Å². The zero-order chi connectivity index (χ0) is 19.2. The number of ether oxygens (including phenoxy) is 1. The summed E-state index contributed by atoms with van der Waals surface area (Å²) < 4.78 is 4.81. The number of amides is 1. The van der Waals surface area contributed by atoms with Crippen molar-refractivity contribution in [3.05, 3.63) is 77.5 Å². The summed E-state index contributed by atoms with van der Waals surface area (Å²) in [7, 11) is 1.27. The van der Waals surface area contributed by atoms with Crippen LogP contribution in [-0.2, 0) is 16.0 Å². The number of esters is 1. The van der Waals surface area contributed by atoms with E-state index in [9.17, 15) is 9.59 Å². The minimum Gasteiger partial charge on any atom is -0.467 e. The molecule has 1 atom stereocenters. The van der Waals surface area contributed by atoms with Crippen LogP contribution in [-0.4, -0.2) is 30.0 Å². The van der Waals surface area contributed by atoms with E-state index in [2.05, 4.69) is 10.3 Å². The van der Waals surface area contributed by atoms with E-state index in [4.69, 9.17) is 10.00 Å². The number of fused-ring (bicyclic) bond motifs is 1. The van der Waals surface area contributed by atoms with Crippen molar-refractivity contribution in [2.24, 2.45) is 0 Å². The Morgan fingerprint density at radius 1 is 1.11 bits per heavy atom. The molecule has 1 N–H and O–H groups in total. The van der Waals surface area contributed by atoms with Crippen LogP contribution < -0.4 is 5.32 Å². The summed E-state index contributed by atoms with van der Waals surface area (Å²) in [5.74, 6) is -1.00. The zero-order valence-corrected chi connectivity index (χ0v) is 14.7. The van der Waals surface area contributed by atoms with Gasteiger partial charge in [-0.2, -0.15) is 5.26 Å². The molecule has 0 spiro atoms. The lowest BCUT2D eigenvalue weighted by Gasteiger charge is -2.16. The van der Waals surface area contributed by atoms with Crippen molar-refractivity contribution in [2.45, 2.75) is 12.5 Å². The number of rotatable bonds is 5. The van der Waals surface area contributed by atoms with Gasteiger partial charge in [-0.1, -0.05) is 36.4 Å². The minimum atomic E-state index is -0.858. The third kappa shape index (κ3) is 4.28. The van der Waals surface area contributed by atoms with Crippen LogP contribution in [0.2, 0.25) is 0 Å². The van der Waals surface area contributed by atoms with E-state index < -0.39 is 17.9 Å². The van der Waals surface area contributed by atoms with Crippen LogP contribution in [0.25, 0.3) is 10.9 Å². The van der Waals surface area contributed by atoms with Gasteiger partial charge in [0, 0.05) is 11.8 Å². The van der Waals surface area contributed by atoms with Gasteiger partial charge in [0.25, 0.3) is 5.91 Å². The van der Waals surface area contributed by atoms with Gasteiger partial charge in [0.15, 0.2) is 0 Å². The molecule has 0 saturated heterocycles. The number of nitrogens with zero attached hydrogens (tertiary/aromatic N) is 2. The number of methoxy groups -OCH3 is 1. The van der Waals surface area contributed by atoms with Gasteiger partial charge in [0.2, 0.25) is 0 Å². The molecular weight excluding hydrogens is 342 g/mol. The Bertz CT molecular complexity index is 1020. The van der Waals surface area contributed by atoms with Crippen LogP contribution in [0.1, 0.15) is 21.6 Å². The molecule has 6 nitrogen and oxygen atoms in total. The second-order valence-electron chi connectivity index (χ2n) is 5.95. The van der Waals surface area contributed by atoms with Crippen LogP contribution in [0.5, 0.6) is 0 Å². The minimum absolute atomic E-state index is 0.224. The number of pyridine rings is 1. The summed E-state index contributed by atoms with van der Waals surface area (Å²) in [5.41, 5.74) is 2.25. The highest BCUT2D eigenvalue weighted by Gasteiger charge is 2.23. The lowest BCUT2D eigenvalue weighted by Crippen LogP contribution is -2.43. The molecule has 1 amide bonds. The van der Waals surface area contributed by atoms with Gasteiger partial charge in [-0.25, -0.2) is 9.78 Å². The molecule has 134 valence electrons. The molecule has 3 rings (SSSR count). The predicted octanol–water partition coefficient (Wildman–Crippen LogP) is 2.62. The van der Waals surface area contributed by atoms with E-state index >= 15 is 0 Å². The normalized spacial score (nSPS) is 11.4. The number of benzene rings is 2. The molecule has 1 aromatic heterocycles. The predicted molar refractivity (Wildman–Crippen MR) is 99.9 cm³/mol. The topological polar surface area (TPSA) is 92.1 Å². The average molecular weight is 359 g/mol. The van der Waals surface area contributed by atoms with Gasteiger partial charge < -0.3 is 10.1 Å². The van der Waals surface area contributed by atoms with Crippen molar-refractivity contribution in [2.75, 3.05) is 7.11 Å².